The Bertz CT molecular complexity index is 715. The van der Waals surface area contributed by atoms with E-state index in [0.717, 1.165) is 16.8 Å². The number of hydrogen-bond donors (Lipinski definition) is 1. The molecular weight excluding hydrogens is 276 g/mol. The van der Waals surface area contributed by atoms with Crippen LogP contribution in [-0.4, -0.2) is 18.3 Å². The number of nitriles is 1. The zero-order valence-corrected chi connectivity index (χ0v) is 12.9. The third-order valence-electron chi connectivity index (χ3n) is 3.10. The second-order valence-electron chi connectivity index (χ2n) is 4.97. The summed E-state index contributed by atoms with van der Waals surface area (Å²) in [5.41, 5.74) is 7.07. The van der Waals surface area contributed by atoms with Gasteiger partial charge >= 0.3 is 0 Å². The van der Waals surface area contributed by atoms with E-state index in [0.29, 0.717) is 18.0 Å². The summed E-state index contributed by atoms with van der Waals surface area (Å²) in [7, 11) is 1.60. The molecule has 0 fully saturated rings. The summed E-state index contributed by atoms with van der Waals surface area (Å²) >= 11 is 0. The molecule has 0 bridgehead atoms. The van der Waals surface area contributed by atoms with Crippen molar-refractivity contribution in [1.29, 1.82) is 5.26 Å². The van der Waals surface area contributed by atoms with Gasteiger partial charge in [0, 0.05) is 18.4 Å². The van der Waals surface area contributed by atoms with Crippen LogP contribution >= 0.6 is 0 Å². The Morgan fingerprint density at radius 1 is 1.32 bits per heavy atom. The van der Waals surface area contributed by atoms with Crippen molar-refractivity contribution in [2.24, 2.45) is 5.10 Å². The zero-order chi connectivity index (χ0) is 15.9. The number of pyridine rings is 1. The SMILES string of the molecule is COCc1cc(C)nc(NN=Cc2ccc(C)cc2)c1C#N. The first-order chi connectivity index (χ1) is 10.6. The third kappa shape index (κ3) is 3.90. The highest BCUT2D eigenvalue weighted by Crippen LogP contribution is 2.19. The molecule has 5 nitrogen and oxygen atoms in total. The van der Waals surface area contributed by atoms with Gasteiger partial charge in [-0.3, -0.25) is 5.43 Å². The minimum atomic E-state index is 0.364. The fourth-order valence-electron chi connectivity index (χ4n) is 2.04. The first-order valence-electron chi connectivity index (χ1n) is 6.89. The molecule has 0 spiro atoms. The van der Waals surface area contributed by atoms with E-state index >= 15 is 0 Å². The van der Waals surface area contributed by atoms with Gasteiger partial charge in [0.25, 0.3) is 0 Å². The van der Waals surface area contributed by atoms with Crippen LogP contribution in [0.5, 0.6) is 0 Å². The quantitative estimate of drug-likeness (QED) is 0.679. The summed E-state index contributed by atoms with van der Waals surface area (Å²) in [6.07, 6.45) is 1.70. The van der Waals surface area contributed by atoms with E-state index in [1.165, 1.54) is 5.56 Å². The topological polar surface area (TPSA) is 70.3 Å². The summed E-state index contributed by atoms with van der Waals surface area (Å²) in [6, 6.07) is 12.0. The average Bonchev–Trinajstić information content (AvgIpc) is 2.49. The predicted molar refractivity (Wildman–Crippen MR) is 86.8 cm³/mol. The molecule has 112 valence electrons. The van der Waals surface area contributed by atoms with Crippen LogP contribution in [0.4, 0.5) is 5.82 Å². The van der Waals surface area contributed by atoms with Crippen molar-refractivity contribution in [2.45, 2.75) is 20.5 Å². The lowest BCUT2D eigenvalue weighted by Crippen LogP contribution is -2.03. The van der Waals surface area contributed by atoms with E-state index in [2.05, 4.69) is 21.6 Å². The highest BCUT2D eigenvalue weighted by molar-refractivity contribution is 5.80. The molecule has 1 aromatic heterocycles. The molecule has 0 aliphatic heterocycles. The van der Waals surface area contributed by atoms with Crippen LogP contribution in [-0.2, 0) is 11.3 Å². The summed E-state index contributed by atoms with van der Waals surface area (Å²) in [5, 5.41) is 13.5. The Hall–Kier alpha value is -2.71. The van der Waals surface area contributed by atoms with Gasteiger partial charge in [-0.1, -0.05) is 29.8 Å². The molecular formula is C17H18N4O. The monoisotopic (exact) mass is 294 g/mol. The second-order valence-corrected chi connectivity index (χ2v) is 4.97. The molecule has 0 aliphatic rings. The minimum absolute atomic E-state index is 0.364. The Morgan fingerprint density at radius 2 is 2.05 bits per heavy atom. The number of nitrogens with zero attached hydrogens (tertiary/aromatic N) is 3. The molecule has 0 unspecified atom stereocenters. The normalized spacial score (nSPS) is 10.6. The van der Waals surface area contributed by atoms with Crippen LogP contribution in [0.2, 0.25) is 0 Å². The fraction of sp³-hybridized carbons (Fsp3) is 0.235. The number of aromatic nitrogens is 1. The number of anilines is 1. The summed E-state index contributed by atoms with van der Waals surface area (Å²) in [4.78, 5) is 4.33. The summed E-state index contributed by atoms with van der Waals surface area (Å²) in [5.74, 6) is 0.443. The lowest BCUT2D eigenvalue weighted by molar-refractivity contribution is 0.184. The van der Waals surface area contributed by atoms with E-state index in [4.69, 9.17) is 4.74 Å². The van der Waals surface area contributed by atoms with Gasteiger partial charge in [0.2, 0.25) is 0 Å². The molecule has 1 heterocycles. The summed E-state index contributed by atoms with van der Waals surface area (Å²) < 4.78 is 5.12. The van der Waals surface area contributed by atoms with Crippen molar-refractivity contribution in [3.05, 3.63) is 58.3 Å². The number of aryl methyl sites for hydroxylation is 2. The molecule has 2 rings (SSSR count). The Balaban J connectivity index is 2.22. The van der Waals surface area contributed by atoms with E-state index in [1.807, 2.05) is 44.2 Å². The highest BCUT2D eigenvalue weighted by atomic mass is 16.5. The largest absolute Gasteiger partial charge is 0.380 e. The predicted octanol–water partition coefficient (Wildman–Crippen LogP) is 3.16. The van der Waals surface area contributed by atoms with Crippen molar-refractivity contribution in [1.82, 2.24) is 4.98 Å². The third-order valence-corrected chi connectivity index (χ3v) is 3.10. The Labute approximate surface area is 130 Å². The van der Waals surface area contributed by atoms with Crippen LogP contribution in [0.1, 0.15) is 27.9 Å². The van der Waals surface area contributed by atoms with Crippen LogP contribution in [0.25, 0.3) is 0 Å². The van der Waals surface area contributed by atoms with Crippen LogP contribution in [0.3, 0.4) is 0 Å². The smallest absolute Gasteiger partial charge is 0.164 e. The zero-order valence-electron chi connectivity index (χ0n) is 12.9. The lowest BCUT2D eigenvalue weighted by Gasteiger charge is -2.09. The average molecular weight is 294 g/mol. The fourth-order valence-corrected chi connectivity index (χ4v) is 2.04. The van der Waals surface area contributed by atoms with E-state index in [-0.39, 0.29) is 0 Å². The minimum Gasteiger partial charge on any atom is -0.380 e. The van der Waals surface area contributed by atoms with Gasteiger partial charge in [-0.25, -0.2) is 4.98 Å². The maximum absolute atomic E-state index is 9.33. The van der Waals surface area contributed by atoms with Crippen molar-refractivity contribution in [2.75, 3.05) is 12.5 Å². The van der Waals surface area contributed by atoms with E-state index < -0.39 is 0 Å². The van der Waals surface area contributed by atoms with Gasteiger partial charge in [-0.15, -0.1) is 0 Å². The number of nitrogens with one attached hydrogen (secondary N) is 1. The highest BCUT2D eigenvalue weighted by Gasteiger charge is 2.10. The van der Waals surface area contributed by atoms with Crippen LogP contribution in [0.15, 0.2) is 35.4 Å². The molecule has 0 saturated heterocycles. The van der Waals surface area contributed by atoms with Gasteiger partial charge < -0.3 is 4.74 Å². The van der Waals surface area contributed by atoms with E-state index in [9.17, 15) is 5.26 Å². The Kier molecular flexibility index (Phi) is 5.23. The number of hydrazone groups is 1. The molecule has 0 radical (unpaired) electrons. The van der Waals surface area contributed by atoms with Crippen molar-refractivity contribution in [3.8, 4) is 6.07 Å². The van der Waals surface area contributed by atoms with Crippen molar-refractivity contribution < 1.29 is 4.74 Å². The maximum atomic E-state index is 9.33. The molecule has 0 saturated carbocycles. The molecule has 22 heavy (non-hydrogen) atoms. The second kappa shape index (κ2) is 7.34. The molecule has 0 aliphatic carbocycles. The number of benzene rings is 1. The maximum Gasteiger partial charge on any atom is 0.164 e. The number of rotatable bonds is 5. The molecule has 0 amide bonds. The molecule has 0 atom stereocenters. The number of methoxy groups -OCH3 is 1. The van der Waals surface area contributed by atoms with Gasteiger partial charge in [0.05, 0.1) is 12.8 Å². The van der Waals surface area contributed by atoms with Crippen molar-refractivity contribution in [3.63, 3.8) is 0 Å². The Morgan fingerprint density at radius 3 is 2.68 bits per heavy atom. The van der Waals surface area contributed by atoms with Crippen LogP contribution < -0.4 is 5.43 Å². The van der Waals surface area contributed by atoms with Gasteiger partial charge in [0.15, 0.2) is 5.82 Å². The van der Waals surface area contributed by atoms with Gasteiger partial charge in [-0.05, 0) is 25.5 Å². The number of ether oxygens (including phenoxy) is 1. The molecule has 1 aromatic carbocycles. The first kappa shape index (κ1) is 15.7. The first-order valence-corrected chi connectivity index (χ1v) is 6.89. The van der Waals surface area contributed by atoms with Gasteiger partial charge in [0.1, 0.15) is 11.6 Å². The molecule has 2 aromatic rings. The molecule has 1 N–H and O–H groups in total. The lowest BCUT2D eigenvalue weighted by atomic mass is 10.1. The van der Waals surface area contributed by atoms with Gasteiger partial charge in [-0.2, -0.15) is 10.4 Å². The summed E-state index contributed by atoms with van der Waals surface area (Å²) in [6.45, 7) is 4.27. The number of hydrogen-bond acceptors (Lipinski definition) is 5. The standard InChI is InChI=1S/C17H18N4O/c1-12-4-6-14(7-5-12)10-19-21-17-16(9-18)15(11-22-3)8-13(2)20-17/h4-8,10H,11H2,1-3H3,(H,20,21). The van der Waals surface area contributed by atoms with E-state index in [1.54, 1.807) is 13.3 Å². The molecule has 5 heteroatoms. The van der Waals surface area contributed by atoms with Crippen LogP contribution in [0, 0.1) is 25.2 Å². The van der Waals surface area contributed by atoms with Crippen molar-refractivity contribution >= 4 is 12.0 Å².